The second-order valence-corrected chi connectivity index (χ2v) is 0. The minimum absolute atomic E-state index is 0. The van der Waals surface area contributed by atoms with E-state index in [4.69, 9.17) is 0 Å². The van der Waals surface area contributed by atoms with E-state index in [1.807, 2.05) is 13.8 Å². The van der Waals surface area contributed by atoms with Gasteiger partial charge in [-0.15, -0.1) is 13.2 Å². The van der Waals surface area contributed by atoms with Crippen molar-refractivity contribution in [2.45, 2.75) is 13.8 Å². The Bertz CT molecular complexity index is 7.51. The molecule has 0 amide bonds. The highest BCUT2D eigenvalue weighted by molar-refractivity contribution is 4.22. The highest BCUT2D eigenvalue weighted by atomic mass is 16.0. The second-order valence-electron chi connectivity index (χ2n) is 0. The molecule has 6 heavy (non-hydrogen) atoms. The van der Waals surface area contributed by atoms with Crippen molar-refractivity contribution in [1.29, 1.82) is 0 Å². The summed E-state index contributed by atoms with van der Waals surface area (Å²) in [5.74, 6) is 0. The molecule has 0 radical (unpaired) electrons. The van der Waals surface area contributed by atoms with Crippen molar-refractivity contribution in [2.24, 2.45) is 0 Å². The quantitative estimate of drug-likeness (QED) is 0.449. The van der Waals surface area contributed by atoms with Crippen LogP contribution in [0.25, 0.3) is 0 Å². The SMILES string of the molecule is C=C.CC.N.O. The van der Waals surface area contributed by atoms with Gasteiger partial charge in [0, 0.05) is 0 Å². The number of hydrogen-bond donors (Lipinski definition) is 1. The predicted octanol–water partition coefficient (Wildman–Crippen LogP) is 1.17. The van der Waals surface area contributed by atoms with E-state index in [2.05, 4.69) is 13.2 Å². The molecule has 0 aromatic heterocycles. The van der Waals surface area contributed by atoms with Crippen LogP contribution in [0, 0.1) is 0 Å². The van der Waals surface area contributed by atoms with Crippen molar-refractivity contribution in [3.05, 3.63) is 13.2 Å². The molecule has 2 nitrogen and oxygen atoms in total. The van der Waals surface area contributed by atoms with E-state index in [-0.39, 0.29) is 11.6 Å². The van der Waals surface area contributed by atoms with Crippen LogP contribution in [0.1, 0.15) is 13.8 Å². The Kier molecular flexibility index (Phi) is 4010. The van der Waals surface area contributed by atoms with E-state index in [1.165, 1.54) is 0 Å². The molecule has 5 N–H and O–H groups in total. The molecule has 0 saturated carbocycles. The van der Waals surface area contributed by atoms with Crippen LogP contribution >= 0.6 is 0 Å². The van der Waals surface area contributed by atoms with Crippen molar-refractivity contribution in [2.75, 3.05) is 0 Å². The average molecular weight is 93.2 g/mol. The molecule has 0 atom stereocenters. The third-order valence-electron chi connectivity index (χ3n) is 0. The summed E-state index contributed by atoms with van der Waals surface area (Å²) >= 11 is 0. The fraction of sp³-hybridized carbons (Fsp3) is 0.500. The first kappa shape index (κ1) is 44.6. The minimum Gasteiger partial charge on any atom is -0.412 e. The van der Waals surface area contributed by atoms with Gasteiger partial charge in [-0.1, -0.05) is 13.8 Å². The molecule has 0 aromatic rings. The standard InChI is InChI=1S/C2H6.C2H4.H3N.H2O/c2*1-2;;/h1-2H3;1-2H2;1H3;1H2. The van der Waals surface area contributed by atoms with Gasteiger partial charge in [-0.05, 0) is 0 Å². The summed E-state index contributed by atoms with van der Waals surface area (Å²) in [7, 11) is 0. The smallest absolute Gasteiger partial charge is 0.0683 e. The summed E-state index contributed by atoms with van der Waals surface area (Å²) < 4.78 is 0. The van der Waals surface area contributed by atoms with Gasteiger partial charge >= 0.3 is 0 Å². The maximum atomic E-state index is 3.00. The topological polar surface area (TPSA) is 66.5 Å². The third-order valence-corrected chi connectivity index (χ3v) is 0. The summed E-state index contributed by atoms with van der Waals surface area (Å²) in [5.41, 5.74) is 0. The lowest BCUT2D eigenvalue weighted by molar-refractivity contribution is 0.824. The third kappa shape index (κ3) is 224. The van der Waals surface area contributed by atoms with Gasteiger partial charge in [0.05, 0.1) is 0 Å². The van der Waals surface area contributed by atoms with Crippen LogP contribution in [-0.4, -0.2) is 5.48 Å². The van der Waals surface area contributed by atoms with Crippen molar-refractivity contribution >= 4 is 0 Å². The summed E-state index contributed by atoms with van der Waals surface area (Å²) in [6.07, 6.45) is 0. The molecule has 0 bridgehead atoms. The Morgan fingerprint density at radius 1 is 1.00 bits per heavy atom. The maximum Gasteiger partial charge on any atom is -0.0683 e. The van der Waals surface area contributed by atoms with E-state index in [0.29, 0.717) is 0 Å². The predicted molar refractivity (Wildman–Crippen MR) is 31.2 cm³/mol. The highest BCUT2D eigenvalue weighted by Crippen LogP contribution is 1.14. The Hall–Kier alpha value is -0.340. The van der Waals surface area contributed by atoms with Gasteiger partial charge in [-0.3, -0.25) is 0 Å². The fourth-order valence-electron chi connectivity index (χ4n) is 0. The van der Waals surface area contributed by atoms with Crippen molar-refractivity contribution < 1.29 is 5.48 Å². The maximum absolute atomic E-state index is 3.00. The first-order valence-corrected chi connectivity index (χ1v) is 1.50. The van der Waals surface area contributed by atoms with E-state index in [1.54, 1.807) is 0 Å². The van der Waals surface area contributed by atoms with Crippen LogP contribution in [0.15, 0.2) is 13.2 Å². The van der Waals surface area contributed by atoms with Gasteiger partial charge in [-0.2, -0.15) is 0 Å². The van der Waals surface area contributed by atoms with Crippen LogP contribution in [0.4, 0.5) is 0 Å². The van der Waals surface area contributed by atoms with E-state index in [0.717, 1.165) is 0 Å². The van der Waals surface area contributed by atoms with E-state index >= 15 is 0 Å². The monoisotopic (exact) mass is 93.1 g/mol. The zero-order chi connectivity index (χ0) is 4.00. The Balaban J connectivity index is -0.00000000500. The minimum atomic E-state index is 0. The Labute approximate surface area is 39.8 Å². The molecule has 0 unspecified atom stereocenters. The van der Waals surface area contributed by atoms with Gasteiger partial charge in [0.2, 0.25) is 0 Å². The fourth-order valence-corrected chi connectivity index (χ4v) is 0. The zero-order valence-corrected chi connectivity index (χ0v) is 4.62. The van der Waals surface area contributed by atoms with Crippen LogP contribution in [0.2, 0.25) is 0 Å². The molecule has 0 fully saturated rings. The molecule has 42 valence electrons. The van der Waals surface area contributed by atoms with Crippen LogP contribution in [0.3, 0.4) is 0 Å². The highest BCUT2D eigenvalue weighted by Gasteiger charge is 0.932. The molecule has 0 spiro atoms. The molecular weight excluding hydrogens is 78.0 g/mol. The summed E-state index contributed by atoms with van der Waals surface area (Å²) in [5, 5.41) is 0. The van der Waals surface area contributed by atoms with Crippen LogP contribution < -0.4 is 6.15 Å². The molecular formula is C4H15NO. The Morgan fingerprint density at radius 3 is 1.00 bits per heavy atom. The average Bonchev–Trinajstić information content (AvgIpc) is 1.50. The number of hydrogen-bond acceptors (Lipinski definition) is 1. The molecule has 0 saturated heterocycles. The normalized spacial score (nSPS) is 1.67. The van der Waals surface area contributed by atoms with Gasteiger partial charge in [-0.25, -0.2) is 0 Å². The molecule has 0 aromatic carbocycles. The first-order valence-electron chi connectivity index (χ1n) is 1.50. The van der Waals surface area contributed by atoms with Gasteiger partial charge in [0.1, 0.15) is 0 Å². The summed E-state index contributed by atoms with van der Waals surface area (Å²) in [4.78, 5) is 0. The molecule has 2 heteroatoms. The van der Waals surface area contributed by atoms with Crippen molar-refractivity contribution in [1.82, 2.24) is 6.15 Å². The van der Waals surface area contributed by atoms with Crippen molar-refractivity contribution in [3.63, 3.8) is 0 Å². The molecule has 0 aliphatic rings. The summed E-state index contributed by atoms with van der Waals surface area (Å²) in [6, 6.07) is 0. The Morgan fingerprint density at radius 2 is 1.00 bits per heavy atom. The van der Waals surface area contributed by atoms with Crippen LogP contribution in [-0.2, 0) is 0 Å². The second kappa shape index (κ2) is 540. The molecule has 0 heterocycles. The molecule has 0 aliphatic carbocycles. The lowest BCUT2D eigenvalue weighted by atomic mass is 11.0. The molecule has 0 rings (SSSR count). The van der Waals surface area contributed by atoms with Gasteiger partial charge < -0.3 is 11.6 Å². The molecule has 0 aliphatic heterocycles. The van der Waals surface area contributed by atoms with Gasteiger partial charge in [0.25, 0.3) is 0 Å². The number of rotatable bonds is 0. The largest absolute Gasteiger partial charge is 0.412 e. The van der Waals surface area contributed by atoms with Gasteiger partial charge in [0.15, 0.2) is 0 Å². The van der Waals surface area contributed by atoms with Crippen LogP contribution in [0.5, 0.6) is 0 Å². The lowest BCUT2D eigenvalue weighted by Crippen LogP contribution is -0.856. The first-order chi connectivity index (χ1) is 2.00. The van der Waals surface area contributed by atoms with Crippen molar-refractivity contribution in [3.8, 4) is 0 Å². The summed E-state index contributed by atoms with van der Waals surface area (Å²) in [6.45, 7) is 10.0. The van der Waals surface area contributed by atoms with E-state index in [9.17, 15) is 0 Å². The van der Waals surface area contributed by atoms with E-state index < -0.39 is 0 Å². The lowest BCUT2D eigenvalue weighted by Gasteiger charge is -1.07. The zero-order valence-electron chi connectivity index (χ0n) is 4.62.